The first-order valence-electron chi connectivity index (χ1n) is 8.92. The summed E-state index contributed by atoms with van der Waals surface area (Å²) in [5.41, 5.74) is 2.61. The van der Waals surface area contributed by atoms with Gasteiger partial charge in [0.15, 0.2) is 0 Å². The van der Waals surface area contributed by atoms with E-state index in [0.717, 1.165) is 41.7 Å². The number of benzene rings is 1. The third kappa shape index (κ3) is 3.38. The fourth-order valence-electron chi connectivity index (χ4n) is 3.37. The summed E-state index contributed by atoms with van der Waals surface area (Å²) < 4.78 is 28.4. The Bertz CT molecular complexity index is 928. The van der Waals surface area contributed by atoms with Crippen LogP contribution >= 0.6 is 11.3 Å². The molecule has 4 rings (SSSR count). The Morgan fingerprint density at radius 2 is 1.96 bits per heavy atom. The van der Waals surface area contributed by atoms with Crippen LogP contribution in [0.15, 0.2) is 34.5 Å². The van der Waals surface area contributed by atoms with E-state index in [1.165, 1.54) is 11.3 Å². The summed E-state index contributed by atoms with van der Waals surface area (Å²) in [6.07, 6.45) is 3.86. The number of carbonyl (C=O) groups is 1. The third-order valence-electron chi connectivity index (χ3n) is 5.18. The summed E-state index contributed by atoms with van der Waals surface area (Å²) in [4.78, 5) is 15.4. The summed E-state index contributed by atoms with van der Waals surface area (Å²) in [7, 11) is -3.60. The van der Waals surface area contributed by atoms with Gasteiger partial charge in [0, 0.05) is 29.6 Å². The van der Waals surface area contributed by atoms with E-state index >= 15 is 0 Å². The maximum Gasteiger partial charge on any atom is 0.271 e. The van der Waals surface area contributed by atoms with Gasteiger partial charge in [-0.05, 0) is 49.9 Å². The van der Waals surface area contributed by atoms with Crippen LogP contribution < -0.4 is 4.72 Å². The lowest BCUT2D eigenvalue weighted by atomic mass is 9.84. The highest BCUT2D eigenvalue weighted by Gasteiger charge is 2.32. The SMILES string of the molecule is Cc1ccc(NS(=O)(=O)c2cc3c(s2)CCN(C(=O)C2CCC2)C3)cc1. The molecular weight excluding hydrogens is 368 g/mol. The van der Waals surface area contributed by atoms with Crippen molar-refractivity contribution in [2.24, 2.45) is 5.92 Å². The van der Waals surface area contributed by atoms with Gasteiger partial charge < -0.3 is 4.90 Å². The lowest BCUT2D eigenvalue weighted by Gasteiger charge is -2.33. The van der Waals surface area contributed by atoms with Crippen LogP contribution in [0.3, 0.4) is 0 Å². The zero-order chi connectivity index (χ0) is 18.3. The summed E-state index contributed by atoms with van der Waals surface area (Å²) >= 11 is 1.32. The monoisotopic (exact) mass is 390 g/mol. The number of hydrogen-bond donors (Lipinski definition) is 1. The van der Waals surface area contributed by atoms with Gasteiger partial charge in [0.2, 0.25) is 5.91 Å². The fraction of sp³-hybridized carbons (Fsp3) is 0.421. The van der Waals surface area contributed by atoms with Gasteiger partial charge in [-0.2, -0.15) is 0 Å². The molecule has 26 heavy (non-hydrogen) atoms. The molecule has 2 heterocycles. The normalized spacial score (nSPS) is 17.5. The van der Waals surface area contributed by atoms with E-state index in [1.807, 2.05) is 24.0 Å². The first-order chi connectivity index (χ1) is 12.4. The summed E-state index contributed by atoms with van der Waals surface area (Å²) in [6, 6.07) is 9.01. The van der Waals surface area contributed by atoms with Gasteiger partial charge >= 0.3 is 0 Å². The Labute approximate surface area is 158 Å². The number of amides is 1. The topological polar surface area (TPSA) is 66.5 Å². The molecule has 0 radical (unpaired) electrons. The number of anilines is 1. The molecule has 1 amide bonds. The largest absolute Gasteiger partial charge is 0.338 e. The van der Waals surface area contributed by atoms with E-state index in [9.17, 15) is 13.2 Å². The molecule has 0 bridgehead atoms. The minimum Gasteiger partial charge on any atom is -0.338 e. The molecule has 1 aromatic heterocycles. The van der Waals surface area contributed by atoms with Gasteiger partial charge in [0.1, 0.15) is 4.21 Å². The molecule has 7 heteroatoms. The molecule has 1 saturated carbocycles. The third-order valence-corrected chi connectivity index (χ3v) is 8.27. The maximum atomic E-state index is 12.7. The molecule has 0 atom stereocenters. The van der Waals surface area contributed by atoms with E-state index < -0.39 is 10.0 Å². The van der Waals surface area contributed by atoms with E-state index in [-0.39, 0.29) is 11.8 Å². The first-order valence-corrected chi connectivity index (χ1v) is 11.2. The number of nitrogens with one attached hydrogen (secondary N) is 1. The highest BCUT2D eigenvalue weighted by atomic mass is 32.2. The van der Waals surface area contributed by atoms with Crippen LogP contribution in [0.25, 0.3) is 0 Å². The van der Waals surface area contributed by atoms with Crippen LogP contribution in [0.4, 0.5) is 5.69 Å². The van der Waals surface area contributed by atoms with E-state index in [4.69, 9.17) is 0 Å². The standard InChI is InChI=1S/C19H22N2O3S2/c1-13-5-7-16(8-6-13)20-26(23,24)18-11-15-12-21(10-9-17(15)25-18)19(22)14-3-2-4-14/h5-8,11,14,20H,2-4,9-10,12H2,1H3. The second-order valence-corrected chi connectivity index (χ2v) is 10.2. The van der Waals surface area contributed by atoms with Crippen molar-refractivity contribution in [3.8, 4) is 0 Å². The quantitative estimate of drug-likeness (QED) is 0.868. The van der Waals surface area contributed by atoms with Crippen molar-refractivity contribution < 1.29 is 13.2 Å². The van der Waals surface area contributed by atoms with Crippen LogP contribution in [-0.4, -0.2) is 25.8 Å². The van der Waals surface area contributed by atoms with Gasteiger partial charge in [0.25, 0.3) is 10.0 Å². The second kappa shape index (κ2) is 6.70. The number of sulfonamides is 1. The number of thiophene rings is 1. The lowest BCUT2D eigenvalue weighted by molar-refractivity contribution is -0.139. The van der Waals surface area contributed by atoms with Crippen molar-refractivity contribution in [2.75, 3.05) is 11.3 Å². The number of hydrogen-bond acceptors (Lipinski definition) is 4. The molecule has 1 aliphatic carbocycles. The molecular formula is C19H22N2O3S2. The summed E-state index contributed by atoms with van der Waals surface area (Å²) in [6.45, 7) is 3.18. The van der Waals surface area contributed by atoms with Gasteiger partial charge in [-0.3, -0.25) is 9.52 Å². The molecule has 1 aromatic carbocycles. The molecule has 1 fully saturated rings. The van der Waals surface area contributed by atoms with E-state index in [1.54, 1.807) is 18.2 Å². The zero-order valence-electron chi connectivity index (χ0n) is 14.7. The van der Waals surface area contributed by atoms with Crippen LogP contribution in [0.2, 0.25) is 0 Å². The first kappa shape index (κ1) is 17.5. The Morgan fingerprint density at radius 3 is 2.62 bits per heavy atom. The predicted octanol–water partition coefficient (Wildman–Crippen LogP) is 3.54. The minimum atomic E-state index is -3.60. The van der Waals surface area contributed by atoms with Gasteiger partial charge in [-0.1, -0.05) is 24.1 Å². The van der Waals surface area contributed by atoms with Crippen LogP contribution in [0.1, 0.15) is 35.3 Å². The predicted molar refractivity (Wildman–Crippen MR) is 103 cm³/mol. The average molecular weight is 391 g/mol. The number of carbonyl (C=O) groups excluding carboxylic acids is 1. The van der Waals surface area contributed by atoms with Crippen molar-refractivity contribution in [3.05, 3.63) is 46.3 Å². The van der Waals surface area contributed by atoms with Crippen molar-refractivity contribution in [2.45, 2.75) is 43.4 Å². The number of rotatable bonds is 4. The lowest BCUT2D eigenvalue weighted by Crippen LogP contribution is -2.41. The van der Waals surface area contributed by atoms with Crippen LogP contribution in [0.5, 0.6) is 0 Å². The van der Waals surface area contributed by atoms with Gasteiger partial charge in [-0.15, -0.1) is 11.3 Å². The number of aryl methyl sites for hydroxylation is 1. The Hall–Kier alpha value is -1.86. The van der Waals surface area contributed by atoms with E-state index in [2.05, 4.69) is 4.72 Å². The van der Waals surface area contributed by atoms with Crippen molar-refractivity contribution >= 4 is 33.0 Å². The minimum absolute atomic E-state index is 0.182. The molecule has 0 unspecified atom stereocenters. The molecule has 2 aromatic rings. The Balaban J connectivity index is 1.51. The Kier molecular flexibility index (Phi) is 4.52. The highest BCUT2D eigenvalue weighted by Crippen LogP contribution is 2.34. The number of nitrogens with zero attached hydrogens (tertiary/aromatic N) is 1. The van der Waals surface area contributed by atoms with Gasteiger partial charge in [-0.25, -0.2) is 8.42 Å². The molecule has 0 spiro atoms. The summed E-state index contributed by atoms with van der Waals surface area (Å²) in [5.74, 6) is 0.414. The molecule has 1 N–H and O–H groups in total. The van der Waals surface area contributed by atoms with Crippen molar-refractivity contribution in [3.63, 3.8) is 0 Å². The fourth-order valence-corrected chi connectivity index (χ4v) is 5.97. The average Bonchev–Trinajstić information content (AvgIpc) is 2.99. The molecule has 138 valence electrons. The van der Waals surface area contributed by atoms with Crippen molar-refractivity contribution in [1.29, 1.82) is 0 Å². The molecule has 5 nitrogen and oxygen atoms in total. The van der Waals surface area contributed by atoms with Gasteiger partial charge in [0.05, 0.1) is 0 Å². The number of fused-ring (bicyclic) bond motifs is 1. The molecule has 1 aliphatic heterocycles. The Morgan fingerprint density at radius 1 is 1.23 bits per heavy atom. The van der Waals surface area contributed by atoms with Crippen LogP contribution in [0, 0.1) is 12.8 Å². The highest BCUT2D eigenvalue weighted by molar-refractivity contribution is 7.94. The molecule has 0 saturated heterocycles. The zero-order valence-corrected chi connectivity index (χ0v) is 16.3. The maximum absolute atomic E-state index is 12.7. The van der Waals surface area contributed by atoms with Crippen LogP contribution in [-0.2, 0) is 27.8 Å². The summed E-state index contributed by atoms with van der Waals surface area (Å²) in [5, 5.41) is 0. The second-order valence-electron chi connectivity index (χ2n) is 7.12. The van der Waals surface area contributed by atoms with Crippen molar-refractivity contribution in [1.82, 2.24) is 4.90 Å². The molecule has 2 aliphatic rings. The smallest absolute Gasteiger partial charge is 0.271 e. The van der Waals surface area contributed by atoms with E-state index in [0.29, 0.717) is 23.0 Å².